The van der Waals surface area contributed by atoms with Crippen molar-refractivity contribution in [2.24, 2.45) is 0 Å². The van der Waals surface area contributed by atoms with Gasteiger partial charge in [-0.05, 0) is 30.7 Å². The number of nitrogens with zero attached hydrogens (tertiary/aromatic N) is 3. The maximum absolute atomic E-state index is 5.99. The van der Waals surface area contributed by atoms with Crippen molar-refractivity contribution in [1.29, 1.82) is 0 Å². The highest BCUT2D eigenvalue weighted by molar-refractivity contribution is 6.30. The third-order valence-electron chi connectivity index (χ3n) is 3.90. The number of fused-ring (bicyclic) bond motifs is 1. The van der Waals surface area contributed by atoms with Crippen LogP contribution in [0.5, 0.6) is 0 Å². The van der Waals surface area contributed by atoms with Crippen molar-refractivity contribution in [2.45, 2.75) is 6.92 Å². The highest BCUT2D eigenvalue weighted by atomic mass is 35.5. The van der Waals surface area contributed by atoms with Gasteiger partial charge in [-0.15, -0.1) is 0 Å². The highest BCUT2D eigenvalue weighted by Crippen LogP contribution is 2.30. The van der Waals surface area contributed by atoms with E-state index in [4.69, 9.17) is 16.7 Å². The molecule has 0 aliphatic heterocycles. The molecule has 4 rings (SSSR count). The minimum atomic E-state index is 0.723. The van der Waals surface area contributed by atoms with Gasteiger partial charge in [-0.3, -0.25) is 0 Å². The molecule has 0 atom stereocenters. The molecule has 112 valence electrons. The molecule has 2 aromatic heterocycles. The van der Waals surface area contributed by atoms with E-state index in [1.165, 1.54) is 0 Å². The van der Waals surface area contributed by atoms with Gasteiger partial charge in [0, 0.05) is 22.3 Å². The van der Waals surface area contributed by atoms with Gasteiger partial charge in [0.1, 0.15) is 0 Å². The van der Waals surface area contributed by atoms with Crippen molar-refractivity contribution < 1.29 is 0 Å². The molecule has 2 aromatic carbocycles. The summed E-state index contributed by atoms with van der Waals surface area (Å²) in [5, 5.41) is 5.43. The molecule has 4 aromatic rings. The van der Waals surface area contributed by atoms with Crippen molar-refractivity contribution in [1.82, 2.24) is 14.6 Å². The second kappa shape index (κ2) is 5.52. The molecule has 0 fully saturated rings. The van der Waals surface area contributed by atoms with Crippen LogP contribution in [-0.2, 0) is 0 Å². The Kier molecular flexibility index (Phi) is 3.36. The van der Waals surface area contributed by atoms with Crippen LogP contribution in [0.25, 0.3) is 28.0 Å². The van der Waals surface area contributed by atoms with E-state index >= 15 is 0 Å². The van der Waals surface area contributed by atoms with Crippen molar-refractivity contribution in [3.05, 3.63) is 77.6 Å². The maximum atomic E-state index is 5.99. The summed E-state index contributed by atoms with van der Waals surface area (Å²) >= 11 is 5.99. The summed E-state index contributed by atoms with van der Waals surface area (Å²) < 4.78 is 1.90. The molecule has 0 N–H and O–H groups in total. The first-order chi connectivity index (χ1) is 11.2. The Hall–Kier alpha value is -2.65. The van der Waals surface area contributed by atoms with Gasteiger partial charge in [0.25, 0.3) is 0 Å². The third kappa shape index (κ3) is 2.39. The lowest BCUT2D eigenvalue weighted by atomic mass is 10.1. The lowest BCUT2D eigenvalue weighted by Gasteiger charge is -2.05. The van der Waals surface area contributed by atoms with Crippen molar-refractivity contribution >= 4 is 17.2 Å². The summed E-state index contributed by atoms with van der Waals surface area (Å²) in [6.07, 6.45) is 1.83. The number of aryl methyl sites for hydroxylation is 1. The average Bonchev–Trinajstić information content (AvgIpc) is 2.92. The number of aromatic nitrogens is 3. The summed E-state index contributed by atoms with van der Waals surface area (Å²) in [5.74, 6) is 0. The van der Waals surface area contributed by atoms with E-state index in [0.717, 1.165) is 38.7 Å². The van der Waals surface area contributed by atoms with E-state index in [1.807, 2.05) is 66.2 Å². The molecule has 2 heterocycles. The monoisotopic (exact) mass is 319 g/mol. The van der Waals surface area contributed by atoms with Crippen LogP contribution in [-0.4, -0.2) is 14.6 Å². The fourth-order valence-electron chi connectivity index (χ4n) is 2.83. The van der Waals surface area contributed by atoms with Gasteiger partial charge in [0.2, 0.25) is 0 Å². The summed E-state index contributed by atoms with van der Waals surface area (Å²) in [6, 6.07) is 20.0. The zero-order valence-electron chi connectivity index (χ0n) is 12.6. The first-order valence-corrected chi connectivity index (χ1v) is 7.77. The molecule has 0 spiro atoms. The van der Waals surface area contributed by atoms with Crippen LogP contribution in [0.15, 0.2) is 66.9 Å². The molecule has 3 nitrogen and oxygen atoms in total. The van der Waals surface area contributed by atoms with Crippen molar-refractivity contribution in [3.63, 3.8) is 0 Å². The molecular weight excluding hydrogens is 306 g/mol. The van der Waals surface area contributed by atoms with E-state index in [2.05, 4.69) is 17.1 Å². The SMILES string of the molecule is Cc1nn2c(-c3ccc(Cl)cc3)ccnc2c1-c1ccccc1. The summed E-state index contributed by atoms with van der Waals surface area (Å²) in [5.41, 5.74) is 6.08. The van der Waals surface area contributed by atoms with Crippen LogP contribution >= 0.6 is 11.6 Å². The number of rotatable bonds is 2. The first kappa shape index (κ1) is 14.0. The molecule has 0 radical (unpaired) electrons. The molecule has 0 aliphatic carbocycles. The van der Waals surface area contributed by atoms with Gasteiger partial charge in [-0.2, -0.15) is 5.10 Å². The third-order valence-corrected chi connectivity index (χ3v) is 4.15. The van der Waals surface area contributed by atoms with Crippen LogP contribution in [0, 0.1) is 6.92 Å². The van der Waals surface area contributed by atoms with Gasteiger partial charge in [-0.25, -0.2) is 9.50 Å². The largest absolute Gasteiger partial charge is 0.236 e. The minimum Gasteiger partial charge on any atom is -0.236 e. The van der Waals surface area contributed by atoms with Crippen LogP contribution in [0.2, 0.25) is 5.02 Å². The van der Waals surface area contributed by atoms with Crippen LogP contribution in [0.4, 0.5) is 0 Å². The molecule has 0 unspecified atom stereocenters. The molecule has 4 heteroatoms. The standard InChI is InChI=1S/C19H14ClN3/c1-13-18(15-5-3-2-4-6-15)19-21-12-11-17(23(19)22-13)14-7-9-16(20)10-8-14/h2-12H,1H3. The van der Waals surface area contributed by atoms with Gasteiger partial charge in [0.15, 0.2) is 5.65 Å². The van der Waals surface area contributed by atoms with E-state index in [9.17, 15) is 0 Å². The Balaban J connectivity index is 1.98. The molecule has 0 amide bonds. The topological polar surface area (TPSA) is 30.2 Å². The normalized spacial score (nSPS) is 11.0. The number of hydrogen-bond acceptors (Lipinski definition) is 2. The summed E-state index contributed by atoms with van der Waals surface area (Å²) in [6.45, 7) is 2.02. The quantitative estimate of drug-likeness (QED) is 0.519. The Morgan fingerprint density at radius 2 is 1.61 bits per heavy atom. The van der Waals surface area contributed by atoms with Crippen molar-refractivity contribution in [2.75, 3.05) is 0 Å². The molecule has 0 saturated carbocycles. The second-order valence-corrected chi connectivity index (χ2v) is 5.84. The average molecular weight is 320 g/mol. The Labute approximate surface area is 139 Å². The molecule has 23 heavy (non-hydrogen) atoms. The Morgan fingerprint density at radius 3 is 2.35 bits per heavy atom. The molecular formula is C19H14ClN3. The van der Waals surface area contributed by atoms with E-state index in [-0.39, 0.29) is 0 Å². The van der Waals surface area contributed by atoms with Gasteiger partial charge >= 0.3 is 0 Å². The van der Waals surface area contributed by atoms with Gasteiger partial charge < -0.3 is 0 Å². The number of hydrogen-bond donors (Lipinski definition) is 0. The highest BCUT2D eigenvalue weighted by Gasteiger charge is 2.15. The summed E-state index contributed by atoms with van der Waals surface area (Å²) in [7, 11) is 0. The molecule has 0 bridgehead atoms. The lowest BCUT2D eigenvalue weighted by molar-refractivity contribution is 0.925. The predicted octanol–water partition coefficient (Wildman–Crippen LogP) is 5.03. The fourth-order valence-corrected chi connectivity index (χ4v) is 2.96. The van der Waals surface area contributed by atoms with E-state index in [0.29, 0.717) is 0 Å². The first-order valence-electron chi connectivity index (χ1n) is 7.40. The Morgan fingerprint density at radius 1 is 0.870 bits per heavy atom. The fraction of sp³-hybridized carbons (Fsp3) is 0.0526. The molecule has 0 aliphatic rings. The van der Waals surface area contributed by atoms with Crippen LogP contribution < -0.4 is 0 Å². The van der Waals surface area contributed by atoms with Crippen LogP contribution in [0.3, 0.4) is 0 Å². The van der Waals surface area contributed by atoms with Gasteiger partial charge in [0.05, 0.1) is 11.4 Å². The van der Waals surface area contributed by atoms with E-state index < -0.39 is 0 Å². The smallest absolute Gasteiger partial charge is 0.163 e. The van der Waals surface area contributed by atoms with E-state index in [1.54, 1.807) is 0 Å². The minimum absolute atomic E-state index is 0.723. The van der Waals surface area contributed by atoms with Crippen molar-refractivity contribution in [3.8, 4) is 22.4 Å². The maximum Gasteiger partial charge on any atom is 0.163 e. The zero-order chi connectivity index (χ0) is 15.8. The second-order valence-electron chi connectivity index (χ2n) is 5.40. The zero-order valence-corrected chi connectivity index (χ0v) is 13.3. The Bertz CT molecular complexity index is 973. The predicted molar refractivity (Wildman–Crippen MR) is 93.6 cm³/mol. The summed E-state index contributed by atoms with van der Waals surface area (Å²) in [4.78, 5) is 4.56. The molecule has 0 saturated heterocycles. The van der Waals surface area contributed by atoms with Crippen LogP contribution in [0.1, 0.15) is 5.69 Å². The lowest BCUT2D eigenvalue weighted by Crippen LogP contribution is -1.95. The number of halogens is 1. The van der Waals surface area contributed by atoms with Gasteiger partial charge in [-0.1, -0.05) is 54.1 Å². The number of benzene rings is 2.